The van der Waals surface area contributed by atoms with Gasteiger partial charge in [-0.1, -0.05) is 0 Å². The predicted octanol–water partition coefficient (Wildman–Crippen LogP) is 3.51. The second-order valence-corrected chi connectivity index (χ2v) is 7.97. The lowest BCUT2D eigenvalue weighted by molar-refractivity contribution is 0.352. The van der Waals surface area contributed by atoms with E-state index in [0.29, 0.717) is 0 Å². The summed E-state index contributed by atoms with van der Waals surface area (Å²) in [6.45, 7) is 6.74. The fourth-order valence-corrected chi connectivity index (χ4v) is 4.75. The Kier molecular flexibility index (Phi) is 4.31. The first-order valence-electron chi connectivity index (χ1n) is 8.72. The molecule has 1 fully saturated rings. The highest BCUT2D eigenvalue weighted by atomic mass is 32.1. The maximum absolute atomic E-state index is 4.56. The molecule has 0 bridgehead atoms. The number of aromatic nitrogens is 2. The summed E-state index contributed by atoms with van der Waals surface area (Å²) in [7, 11) is 0. The fraction of sp³-hybridized carbons (Fsp3) is 0.556. The summed E-state index contributed by atoms with van der Waals surface area (Å²) in [5, 5.41) is 12.5. The van der Waals surface area contributed by atoms with E-state index in [9.17, 15) is 0 Å². The van der Waals surface area contributed by atoms with Crippen LogP contribution >= 0.6 is 11.3 Å². The molecule has 122 valence electrons. The molecule has 0 saturated carbocycles. The average Bonchev–Trinajstić information content (AvgIpc) is 3.14. The van der Waals surface area contributed by atoms with Gasteiger partial charge >= 0.3 is 0 Å². The van der Waals surface area contributed by atoms with Gasteiger partial charge in [0, 0.05) is 28.4 Å². The number of rotatable bonds is 4. The number of anilines is 1. The van der Waals surface area contributed by atoms with Crippen molar-refractivity contribution in [3.63, 3.8) is 0 Å². The van der Waals surface area contributed by atoms with Gasteiger partial charge in [0.15, 0.2) is 0 Å². The quantitative estimate of drug-likeness (QED) is 0.932. The molecule has 4 rings (SSSR count). The molecule has 0 radical (unpaired) electrons. The monoisotopic (exact) mass is 328 g/mol. The summed E-state index contributed by atoms with van der Waals surface area (Å²) in [6.07, 6.45) is 6.18. The molecule has 23 heavy (non-hydrogen) atoms. The van der Waals surface area contributed by atoms with Gasteiger partial charge in [-0.25, -0.2) is 0 Å². The Morgan fingerprint density at radius 3 is 2.87 bits per heavy atom. The van der Waals surface area contributed by atoms with Gasteiger partial charge in [-0.2, -0.15) is 0 Å². The number of likely N-dealkylation sites (tertiary alicyclic amines) is 1. The summed E-state index contributed by atoms with van der Waals surface area (Å²) in [5.74, 6) is 0.929. The Hall–Kier alpha value is -1.46. The van der Waals surface area contributed by atoms with Crippen molar-refractivity contribution in [1.29, 1.82) is 0 Å². The molecule has 4 nitrogen and oxygen atoms in total. The number of thiophene rings is 1. The Balaban J connectivity index is 1.48. The Morgan fingerprint density at radius 1 is 1.13 bits per heavy atom. The van der Waals surface area contributed by atoms with E-state index in [1.54, 1.807) is 0 Å². The van der Waals surface area contributed by atoms with Crippen LogP contribution < -0.4 is 5.32 Å². The van der Waals surface area contributed by atoms with Crippen LogP contribution in [0.1, 0.15) is 34.6 Å². The zero-order valence-electron chi connectivity index (χ0n) is 13.8. The zero-order chi connectivity index (χ0) is 15.6. The number of nitrogens with one attached hydrogen (secondary N) is 1. The lowest BCUT2D eigenvalue weighted by Gasteiger charge is -2.15. The molecule has 1 saturated heterocycles. The van der Waals surface area contributed by atoms with Crippen molar-refractivity contribution in [2.24, 2.45) is 0 Å². The minimum absolute atomic E-state index is 0.929. The number of fused-ring (bicyclic) bond motifs is 3. The Bertz CT molecular complexity index is 688. The van der Waals surface area contributed by atoms with Gasteiger partial charge in [0.2, 0.25) is 0 Å². The van der Waals surface area contributed by atoms with Crippen molar-refractivity contribution in [3.05, 3.63) is 27.5 Å². The van der Waals surface area contributed by atoms with Crippen LogP contribution in [0.3, 0.4) is 0 Å². The van der Waals surface area contributed by atoms with E-state index in [2.05, 4.69) is 39.5 Å². The van der Waals surface area contributed by atoms with Crippen molar-refractivity contribution < 1.29 is 0 Å². The van der Waals surface area contributed by atoms with Crippen LogP contribution in [0.25, 0.3) is 11.3 Å². The summed E-state index contributed by atoms with van der Waals surface area (Å²) < 4.78 is 0. The summed E-state index contributed by atoms with van der Waals surface area (Å²) in [4.78, 5) is 5.37. The summed E-state index contributed by atoms with van der Waals surface area (Å²) in [6, 6.07) is 4.49. The molecule has 5 heteroatoms. The van der Waals surface area contributed by atoms with Crippen LogP contribution in [0.2, 0.25) is 0 Å². The van der Waals surface area contributed by atoms with Crippen LogP contribution in [-0.4, -0.2) is 41.3 Å². The van der Waals surface area contributed by atoms with Crippen LogP contribution in [0, 0.1) is 6.92 Å². The molecule has 2 aliphatic rings. The molecule has 2 aromatic rings. The van der Waals surface area contributed by atoms with Crippen molar-refractivity contribution in [2.45, 2.75) is 39.0 Å². The first kappa shape index (κ1) is 15.1. The highest BCUT2D eigenvalue weighted by Gasteiger charge is 2.19. The maximum Gasteiger partial charge on any atom is 0.149 e. The summed E-state index contributed by atoms with van der Waals surface area (Å²) >= 11 is 1.91. The third kappa shape index (κ3) is 3.26. The van der Waals surface area contributed by atoms with E-state index >= 15 is 0 Å². The first-order chi connectivity index (χ1) is 11.3. The lowest BCUT2D eigenvalue weighted by atomic mass is 10.1. The van der Waals surface area contributed by atoms with Crippen LogP contribution in [0.5, 0.6) is 0 Å². The zero-order valence-corrected chi connectivity index (χ0v) is 14.6. The van der Waals surface area contributed by atoms with E-state index in [1.807, 2.05) is 11.3 Å². The van der Waals surface area contributed by atoms with Gasteiger partial charge < -0.3 is 10.2 Å². The molecular weight excluding hydrogens is 304 g/mol. The largest absolute Gasteiger partial charge is 0.367 e. The number of hydrogen-bond acceptors (Lipinski definition) is 5. The normalized spacial score (nSPS) is 17.6. The van der Waals surface area contributed by atoms with Gasteiger partial charge in [-0.05, 0) is 69.8 Å². The van der Waals surface area contributed by atoms with E-state index < -0.39 is 0 Å². The minimum atomic E-state index is 0.929. The molecule has 2 aromatic heterocycles. The van der Waals surface area contributed by atoms with E-state index in [0.717, 1.165) is 31.0 Å². The van der Waals surface area contributed by atoms with Crippen LogP contribution in [0.4, 0.5) is 5.82 Å². The van der Waals surface area contributed by atoms with Crippen molar-refractivity contribution in [1.82, 2.24) is 15.1 Å². The molecular formula is C18H24N4S. The highest BCUT2D eigenvalue weighted by molar-refractivity contribution is 7.12. The number of nitrogens with zero attached hydrogens (tertiary/aromatic N) is 3. The van der Waals surface area contributed by atoms with E-state index in [-0.39, 0.29) is 0 Å². The second-order valence-electron chi connectivity index (χ2n) is 6.63. The molecule has 1 N–H and O–H groups in total. The van der Waals surface area contributed by atoms with E-state index in [1.165, 1.54) is 59.7 Å². The first-order valence-corrected chi connectivity index (χ1v) is 9.54. The second kappa shape index (κ2) is 6.57. The summed E-state index contributed by atoms with van der Waals surface area (Å²) in [5.41, 5.74) is 3.77. The smallest absolute Gasteiger partial charge is 0.149 e. The van der Waals surface area contributed by atoms with Gasteiger partial charge in [0.25, 0.3) is 0 Å². The maximum atomic E-state index is 4.56. The minimum Gasteiger partial charge on any atom is -0.367 e. The molecule has 0 unspecified atom stereocenters. The third-order valence-electron chi connectivity index (χ3n) is 4.84. The third-order valence-corrected chi connectivity index (χ3v) is 5.95. The fourth-order valence-electron chi connectivity index (χ4n) is 3.67. The Labute approximate surface area is 141 Å². The number of hydrogen-bond donors (Lipinski definition) is 1. The highest BCUT2D eigenvalue weighted by Crippen LogP contribution is 2.36. The van der Waals surface area contributed by atoms with Crippen LogP contribution in [-0.2, 0) is 12.8 Å². The Morgan fingerprint density at radius 2 is 2.00 bits per heavy atom. The van der Waals surface area contributed by atoms with Gasteiger partial charge in [-0.3, -0.25) is 0 Å². The van der Waals surface area contributed by atoms with Gasteiger partial charge in [0.1, 0.15) is 5.82 Å². The van der Waals surface area contributed by atoms with Gasteiger partial charge in [0.05, 0.1) is 5.69 Å². The average molecular weight is 328 g/mol. The van der Waals surface area contributed by atoms with Crippen molar-refractivity contribution in [2.75, 3.05) is 31.5 Å². The molecule has 1 aliphatic heterocycles. The SMILES string of the molecule is Cc1cc2c(s1)CCCc1cc(NCCN3CCCC3)nnc1-2. The molecule has 0 amide bonds. The number of aryl methyl sites for hydroxylation is 3. The van der Waals surface area contributed by atoms with Crippen LogP contribution in [0.15, 0.2) is 12.1 Å². The van der Waals surface area contributed by atoms with Crippen molar-refractivity contribution in [3.8, 4) is 11.3 Å². The standard InChI is InChI=1S/C18H24N4S/c1-13-11-15-16(23-13)6-4-5-14-12-17(20-21-18(14)15)19-7-10-22-8-2-3-9-22/h11-12H,2-10H2,1H3,(H,19,20). The topological polar surface area (TPSA) is 41.0 Å². The molecule has 0 spiro atoms. The molecule has 0 atom stereocenters. The lowest BCUT2D eigenvalue weighted by Crippen LogP contribution is -2.26. The van der Waals surface area contributed by atoms with Crippen molar-refractivity contribution >= 4 is 17.2 Å². The van der Waals surface area contributed by atoms with Gasteiger partial charge in [-0.15, -0.1) is 21.5 Å². The molecule has 0 aromatic carbocycles. The van der Waals surface area contributed by atoms with E-state index in [4.69, 9.17) is 0 Å². The predicted molar refractivity (Wildman–Crippen MR) is 96.3 cm³/mol. The molecule has 3 heterocycles. The molecule has 1 aliphatic carbocycles.